The lowest BCUT2D eigenvalue weighted by molar-refractivity contribution is 0.305. The SMILES string of the molecule is CC(C)CCCN1CCOc2cc3c(cc21)Oc1cc2c(cc1=N3)OCCN=2. The summed E-state index contributed by atoms with van der Waals surface area (Å²) < 4.78 is 17.8. The Balaban J connectivity index is 1.50. The Bertz CT molecular complexity index is 1030. The molecule has 3 aliphatic heterocycles. The van der Waals surface area contributed by atoms with Gasteiger partial charge in [0.2, 0.25) is 0 Å². The Kier molecular flexibility index (Phi) is 4.34. The maximum absolute atomic E-state index is 6.21. The Morgan fingerprint density at radius 3 is 2.71 bits per heavy atom. The summed E-state index contributed by atoms with van der Waals surface area (Å²) in [4.78, 5) is 11.7. The second-order valence-corrected chi connectivity index (χ2v) is 7.89. The van der Waals surface area contributed by atoms with E-state index in [9.17, 15) is 0 Å². The topological polar surface area (TPSA) is 55.7 Å². The van der Waals surface area contributed by atoms with Crippen molar-refractivity contribution in [2.75, 3.05) is 37.7 Å². The van der Waals surface area contributed by atoms with E-state index >= 15 is 0 Å². The Morgan fingerprint density at radius 1 is 0.964 bits per heavy atom. The van der Waals surface area contributed by atoms with Crippen molar-refractivity contribution in [3.05, 3.63) is 35.0 Å². The molecule has 2 aromatic rings. The van der Waals surface area contributed by atoms with Gasteiger partial charge < -0.3 is 19.1 Å². The van der Waals surface area contributed by atoms with Crippen LogP contribution in [0.2, 0.25) is 0 Å². The first-order valence-electron chi connectivity index (χ1n) is 10.1. The standard InChI is InChI=1S/C22H25N3O3/c1-14(2)4-3-6-25-7-9-27-22-12-17-21(13-18(22)25)28-20-10-15-19(11-16(20)24-17)26-8-5-23-15/h10-14H,3-9H2,1-2H3. The van der Waals surface area contributed by atoms with Gasteiger partial charge in [0.25, 0.3) is 0 Å². The van der Waals surface area contributed by atoms with E-state index in [4.69, 9.17) is 19.2 Å². The van der Waals surface area contributed by atoms with E-state index in [-0.39, 0.29) is 0 Å². The maximum atomic E-state index is 6.21. The highest BCUT2D eigenvalue weighted by atomic mass is 16.5. The third-order valence-electron chi connectivity index (χ3n) is 5.34. The first-order chi connectivity index (χ1) is 13.7. The molecular weight excluding hydrogens is 354 g/mol. The first kappa shape index (κ1) is 17.3. The van der Waals surface area contributed by atoms with Crippen molar-refractivity contribution in [1.82, 2.24) is 0 Å². The second kappa shape index (κ2) is 7.00. The molecule has 0 unspecified atom stereocenters. The molecule has 0 atom stereocenters. The third kappa shape index (κ3) is 3.17. The van der Waals surface area contributed by atoms with E-state index < -0.39 is 0 Å². The van der Waals surface area contributed by atoms with Gasteiger partial charge in [-0.25, -0.2) is 4.99 Å². The van der Waals surface area contributed by atoms with Gasteiger partial charge in [-0.2, -0.15) is 0 Å². The van der Waals surface area contributed by atoms with Crippen LogP contribution in [0.3, 0.4) is 0 Å². The van der Waals surface area contributed by atoms with Crippen LogP contribution in [-0.4, -0.2) is 32.8 Å². The summed E-state index contributed by atoms with van der Waals surface area (Å²) in [5.41, 5.74) is 1.89. The van der Waals surface area contributed by atoms with E-state index in [1.807, 2.05) is 18.2 Å². The van der Waals surface area contributed by atoms with Crippen molar-refractivity contribution >= 4 is 11.4 Å². The lowest BCUT2D eigenvalue weighted by Crippen LogP contribution is -2.33. The predicted molar refractivity (Wildman–Crippen MR) is 107 cm³/mol. The van der Waals surface area contributed by atoms with Crippen molar-refractivity contribution in [3.63, 3.8) is 0 Å². The van der Waals surface area contributed by atoms with Gasteiger partial charge in [-0.15, -0.1) is 0 Å². The fourth-order valence-electron chi connectivity index (χ4n) is 3.90. The van der Waals surface area contributed by atoms with Crippen molar-refractivity contribution in [2.24, 2.45) is 15.9 Å². The number of fused-ring (bicyclic) bond motifs is 4. The van der Waals surface area contributed by atoms with Crippen LogP contribution in [0.25, 0.3) is 0 Å². The number of rotatable bonds is 4. The van der Waals surface area contributed by atoms with Gasteiger partial charge in [0.05, 0.1) is 18.8 Å². The summed E-state index contributed by atoms with van der Waals surface area (Å²) in [5, 5.41) is 1.60. The minimum absolute atomic E-state index is 0.608. The molecule has 0 aliphatic carbocycles. The van der Waals surface area contributed by atoms with Gasteiger partial charge in [0.1, 0.15) is 41.1 Å². The Labute approximate surface area is 164 Å². The summed E-state index contributed by atoms with van der Waals surface area (Å²) in [6, 6.07) is 7.90. The highest BCUT2D eigenvalue weighted by Gasteiger charge is 2.24. The van der Waals surface area contributed by atoms with Crippen LogP contribution in [0.15, 0.2) is 34.3 Å². The Hall–Kier alpha value is -2.76. The van der Waals surface area contributed by atoms with Crippen LogP contribution < -0.4 is 29.8 Å². The molecule has 5 rings (SSSR count). The predicted octanol–water partition coefficient (Wildman–Crippen LogP) is 3.39. The summed E-state index contributed by atoms with van der Waals surface area (Å²) in [5.74, 6) is 3.87. The molecule has 28 heavy (non-hydrogen) atoms. The van der Waals surface area contributed by atoms with E-state index in [1.165, 1.54) is 12.8 Å². The minimum atomic E-state index is 0.608. The van der Waals surface area contributed by atoms with Crippen molar-refractivity contribution < 1.29 is 14.2 Å². The lowest BCUT2D eigenvalue weighted by Gasteiger charge is -2.32. The fourth-order valence-corrected chi connectivity index (χ4v) is 3.90. The maximum Gasteiger partial charge on any atom is 0.155 e. The van der Waals surface area contributed by atoms with Gasteiger partial charge >= 0.3 is 0 Å². The molecule has 0 saturated carbocycles. The lowest BCUT2D eigenvalue weighted by atomic mass is 10.1. The number of anilines is 1. The summed E-state index contributed by atoms with van der Waals surface area (Å²) >= 11 is 0. The summed E-state index contributed by atoms with van der Waals surface area (Å²) in [6.07, 6.45) is 2.41. The molecule has 0 radical (unpaired) electrons. The van der Waals surface area contributed by atoms with Crippen LogP contribution in [0.4, 0.5) is 11.4 Å². The average Bonchev–Trinajstić information content (AvgIpc) is 2.69. The number of hydrogen-bond donors (Lipinski definition) is 0. The largest absolute Gasteiger partial charge is 0.489 e. The van der Waals surface area contributed by atoms with Crippen LogP contribution in [0.1, 0.15) is 26.7 Å². The van der Waals surface area contributed by atoms with Gasteiger partial charge in [-0.1, -0.05) is 13.8 Å². The summed E-state index contributed by atoms with van der Waals surface area (Å²) in [7, 11) is 0. The molecule has 0 fully saturated rings. The molecule has 3 heterocycles. The highest BCUT2D eigenvalue weighted by molar-refractivity contribution is 5.72. The van der Waals surface area contributed by atoms with Gasteiger partial charge in [0.15, 0.2) is 11.5 Å². The zero-order valence-corrected chi connectivity index (χ0v) is 16.4. The molecule has 0 bridgehead atoms. The molecule has 2 aromatic carbocycles. The molecule has 146 valence electrons. The summed E-state index contributed by atoms with van der Waals surface area (Å²) in [6.45, 7) is 8.46. The molecule has 0 saturated heterocycles. The smallest absolute Gasteiger partial charge is 0.155 e. The number of ether oxygens (including phenoxy) is 3. The zero-order valence-electron chi connectivity index (χ0n) is 16.4. The van der Waals surface area contributed by atoms with Gasteiger partial charge in [-0.3, -0.25) is 4.99 Å². The van der Waals surface area contributed by atoms with E-state index in [0.29, 0.717) is 19.8 Å². The van der Waals surface area contributed by atoms with Crippen LogP contribution >= 0.6 is 0 Å². The number of hydrogen-bond acceptors (Lipinski definition) is 6. The van der Waals surface area contributed by atoms with E-state index in [1.54, 1.807) is 0 Å². The highest BCUT2D eigenvalue weighted by Crippen LogP contribution is 2.44. The quantitative estimate of drug-likeness (QED) is 0.697. The average molecular weight is 379 g/mol. The molecule has 6 heteroatoms. The van der Waals surface area contributed by atoms with Gasteiger partial charge in [-0.05, 0) is 18.8 Å². The van der Waals surface area contributed by atoms with E-state index in [2.05, 4.69) is 29.8 Å². The Morgan fingerprint density at radius 2 is 1.82 bits per heavy atom. The van der Waals surface area contributed by atoms with Crippen LogP contribution in [-0.2, 0) is 0 Å². The molecular formula is C22H25N3O3. The molecule has 0 amide bonds. The monoisotopic (exact) mass is 379 g/mol. The van der Waals surface area contributed by atoms with Crippen molar-refractivity contribution in [1.29, 1.82) is 0 Å². The zero-order chi connectivity index (χ0) is 19.1. The minimum Gasteiger partial charge on any atom is -0.489 e. The number of nitrogens with zero attached hydrogens (tertiary/aromatic N) is 3. The molecule has 6 nitrogen and oxygen atoms in total. The van der Waals surface area contributed by atoms with Crippen molar-refractivity contribution in [3.8, 4) is 23.0 Å². The second-order valence-electron chi connectivity index (χ2n) is 7.89. The number of benzene rings is 2. The molecule has 0 spiro atoms. The third-order valence-corrected chi connectivity index (χ3v) is 5.34. The first-order valence-corrected chi connectivity index (χ1v) is 10.1. The van der Waals surface area contributed by atoms with Crippen molar-refractivity contribution in [2.45, 2.75) is 26.7 Å². The fraction of sp³-hybridized carbons (Fsp3) is 0.455. The molecule has 0 N–H and O–H groups in total. The van der Waals surface area contributed by atoms with Gasteiger partial charge in [0, 0.05) is 30.8 Å². The van der Waals surface area contributed by atoms with Crippen LogP contribution in [0.5, 0.6) is 23.0 Å². The molecule has 0 aromatic heterocycles. The van der Waals surface area contributed by atoms with E-state index in [0.717, 1.165) is 64.1 Å². The molecule has 3 aliphatic rings. The van der Waals surface area contributed by atoms with Crippen LogP contribution in [0, 0.1) is 5.92 Å². The normalized spacial score (nSPS) is 16.3.